The summed E-state index contributed by atoms with van der Waals surface area (Å²) in [5.74, 6) is 0. The monoisotopic (exact) mass is 326 g/mol. The number of nitrogens with zero attached hydrogens (tertiary/aromatic N) is 2. The van der Waals surface area contributed by atoms with Gasteiger partial charge in [-0.1, -0.05) is 83.9 Å². The van der Waals surface area contributed by atoms with Crippen LogP contribution in [-0.2, 0) is 13.1 Å². The van der Waals surface area contributed by atoms with Crippen molar-refractivity contribution in [3.8, 4) is 0 Å². The van der Waals surface area contributed by atoms with Crippen LogP contribution in [0.4, 0.5) is 0 Å². The number of imidazole rings is 1. The van der Waals surface area contributed by atoms with Crippen molar-refractivity contribution in [3.63, 3.8) is 0 Å². The maximum atomic E-state index is 3.57. The Morgan fingerprint density at radius 3 is 2.08 bits per heavy atom. The zero-order chi connectivity index (χ0) is 17.2. The normalized spacial score (nSPS) is 11.1. The second-order valence-electron chi connectivity index (χ2n) is 6.67. The van der Waals surface area contributed by atoms with Crippen molar-refractivity contribution >= 4 is 11.0 Å². The summed E-state index contributed by atoms with van der Waals surface area (Å²) < 4.78 is 4.47. The Bertz CT molecular complexity index is 917. The number of fused-ring (bicyclic) bond motifs is 1. The number of aromatic nitrogens is 2. The van der Waals surface area contributed by atoms with E-state index in [0.29, 0.717) is 0 Å². The van der Waals surface area contributed by atoms with E-state index in [4.69, 9.17) is 0 Å². The number of hydrogen-bond acceptors (Lipinski definition) is 0. The molecule has 0 spiro atoms. The van der Waals surface area contributed by atoms with Crippen molar-refractivity contribution in [1.29, 1.82) is 0 Å². The molecular weight excluding hydrogens is 304 g/mol. The lowest BCUT2D eigenvalue weighted by molar-refractivity contribution is -0.667. The number of rotatable bonds is 4. The quantitative estimate of drug-likeness (QED) is 0.387. The molecule has 25 heavy (non-hydrogen) atoms. The Hall–Kier alpha value is -2.87. The third-order valence-corrected chi connectivity index (χ3v) is 4.78. The van der Waals surface area contributed by atoms with Gasteiger partial charge in [0.05, 0.1) is 13.1 Å². The van der Waals surface area contributed by atoms with Gasteiger partial charge in [0.2, 0.25) is 6.33 Å². The van der Waals surface area contributed by atoms with Gasteiger partial charge in [-0.05, 0) is 25.0 Å². The van der Waals surface area contributed by atoms with Crippen LogP contribution in [0.15, 0.2) is 72.8 Å². The van der Waals surface area contributed by atoms with Crippen LogP contribution in [-0.4, -0.2) is 4.57 Å². The molecule has 0 radical (unpaired) electrons. The molecule has 0 fully saturated rings. The van der Waals surface area contributed by atoms with Crippen LogP contribution in [0, 0.1) is 20.2 Å². The van der Waals surface area contributed by atoms with Gasteiger partial charge in [0.25, 0.3) is 0 Å². The van der Waals surface area contributed by atoms with Gasteiger partial charge in [0.1, 0.15) is 0 Å². The van der Waals surface area contributed by atoms with Crippen LogP contribution in [0.2, 0.25) is 0 Å². The van der Waals surface area contributed by atoms with E-state index < -0.39 is 0 Å². The Morgan fingerprint density at radius 2 is 1.40 bits per heavy atom. The second-order valence-corrected chi connectivity index (χ2v) is 6.67. The molecule has 0 saturated heterocycles. The predicted octanol–water partition coefficient (Wildman–Crippen LogP) is 4.44. The first kappa shape index (κ1) is 15.6. The first-order valence-corrected chi connectivity index (χ1v) is 8.71. The molecule has 0 unspecified atom stereocenters. The Balaban J connectivity index is 1.81. The SMILES string of the molecule is Cc1cc2c(cc1C)[n+](Cc1ccccc1)[c-]n2Cc1ccccc1. The van der Waals surface area contributed by atoms with Gasteiger partial charge in [-0.15, -0.1) is 0 Å². The molecule has 4 aromatic rings. The largest absolute Gasteiger partial charge is 0.340 e. The summed E-state index contributed by atoms with van der Waals surface area (Å²) >= 11 is 0. The van der Waals surface area contributed by atoms with E-state index in [-0.39, 0.29) is 0 Å². The van der Waals surface area contributed by atoms with Gasteiger partial charge < -0.3 is 9.13 Å². The average Bonchev–Trinajstić information content (AvgIpc) is 2.94. The molecule has 124 valence electrons. The van der Waals surface area contributed by atoms with Gasteiger partial charge in [-0.3, -0.25) is 0 Å². The third-order valence-electron chi connectivity index (χ3n) is 4.78. The lowest BCUT2D eigenvalue weighted by Gasteiger charge is -2.08. The maximum absolute atomic E-state index is 3.57. The molecule has 0 bridgehead atoms. The molecule has 0 amide bonds. The van der Waals surface area contributed by atoms with Crippen LogP contribution < -0.4 is 4.57 Å². The lowest BCUT2D eigenvalue weighted by Crippen LogP contribution is -2.33. The average molecular weight is 326 g/mol. The highest BCUT2D eigenvalue weighted by molar-refractivity contribution is 5.74. The molecule has 1 heterocycles. The number of aryl methyl sites for hydroxylation is 2. The molecule has 0 N–H and O–H groups in total. The fraction of sp³-hybridized carbons (Fsp3) is 0.174. The Kier molecular flexibility index (Phi) is 4.10. The summed E-state index contributed by atoms with van der Waals surface area (Å²) in [6, 6.07) is 25.7. The maximum Gasteiger partial charge on any atom is 0.205 e. The Morgan fingerprint density at radius 1 is 0.800 bits per heavy atom. The van der Waals surface area contributed by atoms with Crippen molar-refractivity contribution in [1.82, 2.24) is 4.57 Å². The Labute approximate surface area is 149 Å². The number of benzene rings is 3. The number of hydrogen-bond donors (Lipinski definition) is 0. The summed E-state index contributed by atoms with van der Waals surface area (Å²) in [6.45, 7) is 6.02. The van der Waals surface area contributed by atoms with E-state index >= 15 is 0 Å². The lowest BCUT2D eigenvalue weighted by atomic mass is 10.1. The standard InChI is InChI=1S/C23H22N2/c1-18-13-22-23(14-19(18)2)25(16-21-11-7-4-8-12-21)17-24(22)15-20-9-5-3-6-10-20/h3-14H,15-16H2,1-2H3. The summed E-state index contributed by atoms with van der Waals surface area (Å²) in [5, 5.41) is 0. The zero-order valence-electron chi connectivity index (χ0n) is 14.7. The highest BCUT2D eigenvalue weighted by Gasteiger charge is 2.09. The van der Waals surface area contributed by atoms with Gasteiger partial charge in [-0.2, -0.15) is 0 Å². The molecule has 0 aliphatic rings. The minimum atomic E-state index is 0.835. The molecule has 0 atom stereocenters. The van der Waals surface area contributed by atoms with Crippen molar-refractivity contribution in [2.45, 2.75) is 26.9 Å². The predicted molar refractivity (Wildman–Crippen MR) is 102 cm³/mol. The summed E-state index contributed by atoms with van der Waals surface area (Å²) in [7, 11) is 0. The summed E-state index contributed by atoms with van der Waals surface area (Å²) in [6.07, 6.45) is 3.57. The van der Waals surface area contributed by atoms with Crippen molar-refractivity contribution in [2.75, 3.05) is 0 Å². The van der Waals surface area contributed by atoms with E-state index in [1.165, 1.54) is 33.3 Å². The van der Waals surface area contributed by atoms with Crippen LogP contribution in [0.5, 0.6) is 0 Å². The molecule has 4 rings (SSSR count). The van der Waals surface area contributed by atoms with Gasteiger partial charge in [-0.25, -0.2) is 0 Å². The van der Waals surface area contributed by atoms with Crippen molar-refractivity contribution < 1.29 is 4.57 Å². The molecule has 2 nitrogen and oxygen atoms in total. The van der Waals surface area contributed by atoms with Crippen LogP contribution >= 0.6 is 0 Å². The van der Waals surface area contributed by atoms with E-state index in [9.17, 15) is 0 Å². The van der Waals surface area contributed by atoms with Crippen LogP contribution in [0.3, 0.4) is 0 Å². The topological polar surface area (TPSA) is 8.81 Å². The van der Waals surface area contributed by atoms with Crippen molar-refractivity contribution in [3.05, 3.63) is 101 Å². The van der Waals surface area contributed by atoms with Crippen LogP contribution in [0.1, 0.15) is 22.3 Å². The summed E-state index contributed by atoms with van der Waals surface area (Å²) in [5.41, 5.74) is 7.70. The fourth-order valence-electron chi connectivity index (χ4n) is 3.24. The molecule has 2 heteroatoms. The highest BCUT2D eigenvalue weighted by Crippen LogP contribution is 2.19. The smallest absolute Gasteiger partial charge is 0.205 e. The molecule has 3 aromatic carbocycles. The molecular formula is C23H22N2. The molecule has 1 aromatic heterocycles. The van der Waals surface area contributed by atoms with E-state index in [1.54, 1.807) is 0 Å². The van der Waals surface area contributed by atoms with E-state index in [1.807, 2.05) is 0 Å². The third kappa shape index (κ3) is 3.20. The fourth-order valence-corrected chi connectivity index (χ4v) is 3.24. The second kappa shape index (κ2) is 6.56. The van der Waals surface area contributed by atoms with Gasteiger partial charge in [0.15, 0.2) is 0 Å². The molecule has 0 saturated carbocycles. The first-order chi connectivity index (χ1) is 12.2. The minimum absolute atomic E-state index is 0.835. The first-order valence-electron chi connectivity index (χ1n) is 8.71. The highest BCUT2D eigenvalue weighted by atomic mass is 15.1. The molecule has 0 aliphatic heterocycles. The van der Waals surface area contributed by atoms with Crippen LogP contribution in [0.25, 0.3) is 11.0 Å². The zero-order valence-corrected chi connectivity index (χ0v) is 14.7. The minimum Gasteiger partial charge on any atom is -0.340 e. The molecule has 0 aliphatic carbocycles. The van der Waals surface area contributed by atoms with Gasteiger partial charge in [0, 0.05) is 11.0 Å². The van der Waals surface area contributed by atoms with Crippen molar-refractivity contribution in [2.24, 2.45) is 0 Å². The van der Waals surface area contributed by atoms with Gasteiger partial charge >= 0.3 is 0 Å². The van der Waals surface area contributed by atoms with E-state index in [0.717, 1.165) is 13.1 Å². The van der Waals surface area contributed by atoms with E-state index in [2.05, 4.69) is 102 Å². The summed E-state index contributed by atoms with van der Waals surface area (Å²) in [4.78, 5) is 0.